The molecule has 0 radical (unpaired) electrons. The van der Waals surface area contributed by atoms with Crippen LogP contribution < -0.4 is 5.32 Å². The lowest BCUT2D eigenvalue weighted by Gasteiger charge is -2.26. The van der Waals surface area contributed by atoms with Crippen LogP contribution in [0.1, 0.15) is 39.3 Å². The van der Waals surface area contributed by atoms with Crippen LogP contribution in [0.5, 0.6) is 0 Å². The molecule has 4 heteroatoms. The van der Waals surface area contributed by atoms with Gasteiger partial charge in [-0.2, -0.15) is 0 Å². The van der Waals surface area contributed by atoms with Crippen molar-refractivity contribution < 1.29 is 9.18 Å². The Morgan fingerprint density at radius 2 is 1.95 bits per heavy atom. The molecule has 0 aliphatic rings. The number of likely N-dealkylation sites (N-methyl/N-ethyl adjacent to an activating group) is 1. The number of nitrogens with one attached hydrogen (secondary N) is 1. The molecular weight excluding hydrogens is 243 g/mol. The van der Waals surface area contributed by atoms with Crippen LogP contribution in [0.15, 0.2) is 24.3 Å². The quantitative estimate of drug-likeness (QED) is 0.858. The summed E-state index contributed by atoms with van der Waals surface area (Å²) in [5.74, 6) is -0.179. The molecule has 0 saturated heterocycles. The molecule has 19 heavy (non-hydrogen) atoms. The Balaban J connectivity index is 2.66. The fraction of sp³-hybridized carbons (Fsp3) is 0.533. The second-order valence-electron chi connectivity index (χ2n) is 4.68. The van der Waals surface area contributed by atoms with Gasteiger partial charge in [-0.15, -0.1) is 0 Å². The van der Waals surface area contributed by atoms with E-state index in [9.17, 15) is 9.18 Å². The first-order valence-corrected chi connectivity index (χ1v) is 6.79. The predicted molar refractivity (Wildman–Crippen MR) is 75.3 cm³/mol. The predicted octanol–water partition coefficient (Wildman–Crippen LogP) is 2.73. The highest BCUT2D eigenvalue weighted by molar-refractivity contribution is 5.81. The van der Waals surface area contributed by atoms with Gasteiger partial charge in [0.05, 0.1) is 6.04 Å². The van der Waals surface area contributed by atoms with E-state index in [1.165, 1.54) is 12.1 Å². The molecule has 3 nitrogen and oxygen atoms in total. The van der Waals surface area contributed by atoms with Crippen molar-refractivity contribution in [2.45, 2.75) is 39.8 Å². The first-order chi connectivity index (χ1) is 8.99. The molecule has 0 saturated carbocycles. The molecule has 0 aliphatic carbocycles. The van der Waals surface area contributed by atoms with E-state index in [0.717, 1.165) is 5.56 Å². The fourth-order valence-corrected chi connectivity index (χ4v) is 2.13. The fourth-order valence-electron chi connectivity index (χ4n) is 2.13. The molecule has 1 aromatic carbocycles. The number of halogens is 1. The Labute approximate surface area is 114 Å². The van der Waals surface area contributed by atoms with E-state index in [-0.39, 0.29) is 23.8 Å². The third-order valence-electron chi connectivity index (χ3n) is 3.29. The van der Waals surface area contributed by atoms with E-state index in [0.29, 0.717) is 13.1 Å². The number of rotatable bonds is 6. The summed E-state index contributed by atoms with van der Waals surface area (Å²) in [6.07, 6.45) is 0. The molecule has 1 rings (SSSR count). The number of carbonyl (C=O) groups is 1. The van der Waals surface area contributed by atoms with Crippen LogP contribution in [0.2, 0.25) is 0 Å². The van der Waals surface area contributed by atoms with Crippen LogP contribution >= 0.6 is 0 Å². The van der Waals surface area contributed by atoms with E-state index < -0.39 is 0 Å². The summed E-state index contributed by atoms with van der Waals surface area (Å²) in [7, 11) is 0. The van der Waals surface area contributed by atoms with Crippen LogP contribution in [-0.2, 0) is 4.79 Å². The Morgan fingerprint density at radius 3 is 2.47 bits per heavy atom. The van der Waals surface area contributed by atoms with Gasteiger partial charge in [0.1, 0.15) is 5.82 Å². The minimum absolute atomic E-state index is 0.0646. The second kappa shape index (κ2) is 7.24. The number of hydrogen-bond acceptors (Lipinski definition) is 2. The van der Waals surface area contributed by atoms with Crippen molar-refractivity contribution in [1.82, 2.24) is 10.2 Å². The zero-order chi connectivity index (χ0) is 14.4. The van der Waals surface area contributed by atoms with Gasteiger partial charge in [0, 0.05) is 19.1 Å². The van der Waals surface area contributed by atoms with Gasteiger partial charge in [0.2, 0.25) is 5.91 Å². The summed E-state index contributed by atoms with van der Waals surface area (Å²) in [6.45, 7) is 9.11. The number of nitrogens with zero attached hydrogens (tertiary/aromatic N) is 1. The van der Waals surface area contributed by atoms with Gasteiger partial charge in [-0.05, 0) is 45.4 Å². The lowest BCUT2D eigenvalue weighted by atomic mass is 10.1. The molecule has 2 atom stereocenters. The molecule has 0 aliphatic heterocycles. The summed E-state index contributed by atoms with van der Waals surface area (Å²) in [4.78, 5) is 13.9. The lowest BCUT2D eigenvalue weighted by molar-refractivity contribution is -0.132. The maximum absolute atomic E-state index is 13.2. The summed E-state index contributed by atoms with van der Waals surface area (Å²) in [6, 6.07) is 6.10. The van der Waals surface area contributed by atoms with Crippen molar-refractivity contribution in [3.8, 4) is 0 Å². The summed E-state index contributed by atoms with van der Waals surface area (Å²) < 4.78 is 13.2. The Hall–Kier alpha value is -1.42. The minimum Gasteiger partial charge on any atom is -0.342 e. The summed E-state index contributed by atoms with van der Waals surface area (Å²) in [5.41, 5.74) is 0.846. The first kappa shape index (κ1) is 15.6. The molecule has 1 unspecified atom stereocenters. The van der Waals surface area contributed by atoms with Crippen molar-refractivity contribution in [3.63, 3.8) is 0 Å². The zero-order valence-electron chi connectivity index (χ0n) is 12.1. The van der Waals surface area contributed by atoms with Gasteiger partial charge in [-0.1, -0.05) is 12.1 Å². The molecule has 0 bridgehead atoms. The Morgan fingerprint density at radius 1 is 1.32 bits per heavy atom. The molecule has 0 spiro atoms. The van der Waals surface area contributed by atoms with E-state index in [1.54, 1.807) is 11.0 Å². The summed E-state index contributed by atoms with van der Waals surface area (Å²) in [5, 5.41) is 3.21. The van der Waals surface area contributed by atoms with Crippen LogP contribution in [0.25, 0.3) is 0 Å². The minimum atomic E-state index is -0.279. The Bertz CT molecular complexity index is 418. The number of hydrogen-bond donors (Lipinski definition) is 1. The molecular formula is C15H23FN2O. The van der Waals surface area contributed by atoms with Crippen molar-refractivity contribution in [2.24, 2.45) is 0 Å². The second-order valence-corrected chi connectivity index (χ2v) is 4.68. The van der Waals surface area contributed by atoms with E-state index >= 15 is 0 Å². The van der Waals surface area contributed by atoms with Crippen molar-refractivity contribution in [1.29, 1.82) is 0 Å². The van der Waals surface area contributed by atoms with Gasteiger partial charge in [-0.25, -0.2) is 4.39 Å². The molecule has 1 aromatic rings. The van der Waals surface area contributed by atoms with Crippen molar-refractivity contribution in [2.75, 3.05) is 13.1 Å². The zero-order valence-corrected chi connectivity index (χ0v) is 12.1. The van der Waals surface area contributed by atoms with Crippen LogP contribution in [-0.4, -0.2) is 29.9 Å². The van der Waals surface area contributed by atoms with E-state index in [2.05, 4.69) is 5.32 Å². The number of carbonyl (C=O) groups excluding carboxylic acids is 1. The number of benzene rings is 1. The van der Waals surface area contributed by atoms with Gasteiger partial charge >= 0.3 is 0 Å². The van der Waals surface area contributed by atoms with Crippen molar-refractivity contribution in [3.05, 3.63) is 35.6 Å². The normalized spacial score (nSPS) is 13.9. The molecule has 0 aromatic heterocycles. The third kappa shape index (κ3) is 4.31. The van der Waals surface area contributed by atoms with Crippen LogP contribution in [0.3, 0.4) is 0 Å². The van der Waals surface area contributed by atoms with Gasteiger partial charge in [0.15, 0.2) is 0 Å². The monoisotopic (exact) mass is 266 g/mol. The van der Waals surface area contributed by atoms with E-state index in [4.69, 9.17) is 0 Å². The molecule has 1 N–H and O–H groups in total. The average molecular weight is 266 g/mol. The SMILES string of the molecule is CCN(CC)C(=O)C(C)N[C@@H](C)c1cccc(F)c1. The topological polar surface area (TPSA) is 32.3 Å². The highest BCUT2D eigenvalue weighted by Crippen LogP contribution is 2.14. The smallest absolute Gasteiger partial charge is 0.239 e. The Kier molecular flexibility index (Phi) is 5.96. The molecule has 0 fully saturated rings. The van der Waals surface area contributed by atoms with Crippen molar-refractivity contribution >= 4 is 5.91 Å². The molecule has 0 heterocycles. The average Bonchev–Trinajstić information content (AvgIpc) is 2.39. The first-order valence-electron chi connectivity index (χ1n) is 6.79. The highest BCUT2D eigenvalue weighted by Gasteiger charge is 2.20. The van der Waals surface area contributed by atoms with Gasteiger partial charge in [-0.3, -0.25) is 10.1 Å². The maximum atomic E-state index is 13.2. The maximum Gasteiger partial charge on any atom is 0.239 e. The van der Waals surface area contributed by atoms with Crippen LogP contribution in [0.4, 0.5) is 4.39 Å². The van der Waals surface area contributed by atoms with E-state index in [1.807, 2.05) is 33.8 Å². The standard InChI is InChI=1S/C15H23FN2O/c1-5-18(6-2)15(19)12(4)17-11(3)13-8-7-9-14(16)10-13/h7-12,17H,5-6H2,1-4H3/t11-,12?/m0/s1. The molecule has 106 valence electrons. The van der Waals surface area contributed by atoms with Gasteiger partial charge in [0.25, 0.3) is 0 Å². The van der Waals surface area contributed by atoms with Crippen LogP contribution in [0, 0.1) is 5.82 Å². The summed E-state index contributed by atoms with van der Waals surface area (Å²) >= 11 is 0. The highest BCUT2D eigenvalue weighted by atomic mass is 19.1. The number of amides is 1. The van der Waals surface area contributed by atoms with Gasteiger partial charge < -0.3 is 4.90 Å². The largest absolute Gasteiger partial charge is 0.342 e. The molecule has 1 amide bonds. The third-order valence-corrected chi connectivity index (χ3v) is 3.29. The lowest BCUT2D eigenvalue weighted by Crippen LogP contribution is -2.45.